The van der Waals surface area contributed by atoms with Crippen molar-refractivity contribution in [3.05, 3.63) is 49.6 Å². The second kappa shape index (κ2) is 6.55. The van der Waals surface area contributed by atoms with Crippen LogP contribution in [-0.4, -0.2) is 13.5 Å². The lowest BCUT2D eigenvalue weighted by molar-refractivity contribution is 0.285. The van der Waals surface area contributed by atoms with Gasteiger partial charge in [-0.05, 0) is 39.7 Å². The molecule has 20 heavy (non-hydrogen) atoms. The molecule has 0 aliphatic carbocycles. The molecule has 1 aromatic heterocycles. The van der Waals surface area contributed by atoms with Crippen molar-refractivity contribution in [3.8, 4) is 0 Å². The molecule has 2 aromatic rings. The summed E-state index contributed by atoms with van der Waals surface area (Å²) in [6, 6.07) is 8.43. The fraction of sp³-hybridized carbons (Fsp3) is 0.167. The summed E-state index contributed by atoms with van der Waals surface area (Å²) in [6.45, 7) is -0.0350. The van der Waals surface area contributed by atoms with Crippen molar-refractivity contribution in [2.75, 3.05) is 0 Å². The number of halogens is 2. The third-order valence-corrected chi connectivity index (χ3v) is 6.38. The molecule has 108 valence electrons. The number of nitrogens with one attached hydrogen (secondary N) is 1. The monoisotopic (exact) mass is 395 g/mol. The molecule has 0 atom stereocenters. The van der Waals surface area contributed by atoms with Crippen LogP contribution < -0.4 is 4.72 Å². The van der Waals surface area contributed by atoms with Crippen LogP contribution in [0.15, 0.2) is 39.0 Å². The van der Waals surface area contributed by atoms with E-state index >= 15 is 0 Å². The number of benzene rings is 1. The minimum Gasteiger partial charge on any atom is -0.391 e. The van der Waals surface area contributed by atoms with Crippen molar-refractivity contribution >= 4 is 48.9 Å². The molecule has 0 saturated carbocycles. The standard InChI is InChI=1S/C12H11BrClNO3S2/c13-12-11(5-10(7-16)19-12)20(17,18)15-6-8-2-1-3-9(14)4-8/h1-5,15-16H,6-7H2. The molecule has 1 heterocycles. The van der Waals surface area contributed by atoms with Gasteiger partial charge in [-0.15, -0.1) is 11.3 Å². The Morgan fingerprint density at radius 1 is 1.35 bits per heavy atom. The second-order valence-electron chi connectivity index (χ2n) is 3.96. The molecule has 0 fully saturated rings. The summed E-state index contributed by atoms with van der Waals surface area (Å²) in [6.07, 6.45) is 0. The smallest absolute Gasteiger partial charge is 0.242 e. The van der Waals surface area contributed by atoms with E-state index < -0.39 is 10.0 Å². The summed E-state index contributed by atoms with van der Waals surface area (Å²) in [5, 5.41) is 9.60. The first-order chi connectivity index (χ1) is 9.42. The van der Waals surface area contributed by atoms with E-state index in [0.29, 0.717) is 13.7 Å². The molecule has 0 bridgehead atoms. The van der Waals surface area contributed by atoms with E-state index in [9.17, 15) is 8.42 Å². The lowest BCUT2D eigenvalue weighted by Crippen LogP contribution is -2.23. The molecule has 2 N–H and O–H groups in total. The van der Waals surface area contributed by atoms with Crippen molar-refractivity contribution in [2.24, 2.45) is 0 Å². The lowest BCUT2D eigenvalue weighted by atomic mass is 10.2. The van der Waals surface area contributed by atoms with Crippen molar-refractivity contribution in [3.63, 3.8) is 0 Å². The zero-order chi connectivity index (χ0) is 14.8. The summed E-state index contributed by atoms with van der Waals surface area (Å²) in [5.74, 6) is 0. The molecule has 0 saturated heterocycles. The Kier molecular flexibility index (Phi) is 5.22. The van der Waals surface area contributed by atoms with Crippen LogP contribution in [0.2, 0.25) is 5.02 Å². The van der Waals surface area contributed by atoms with Crippen LogP contribution in [0, 0.1) is 0 Å². The van der Waals surface area contributed by atoms with E-state index in [1.165, 1.54) is 17.4 Å². The van der Waals surface area contributed by atoms with E-state index in [2.05, 4.69) is 20.7 Å². The quantitative estimate of drug-likeness (QED) is 0.816. The number of hydrogen-bond donors (Lipinski definition) is 2. The fourth-order valence-corrected chi connectivity index (χ4v) is 5.33. The second-order valence-corrected chi connectivity index (χ2v) is 8.59. The number of thiophene rings is 1. The highest BCUT2D eigenvalue weighted by Gasteiger charge is 2.20. The first-order valence-electron chi connectivity index (χ1n) is 5.55. The van der Waals surface area contributed by atoms with Gasteiger partial charge in [-0.2, -0.15) is 0 Å². The highest BCUT2D eigenvalue weighted by molar-refractivity contribution is 9.11. The van der Waals surface area contributed by atoms with Crippen molar-refractivity contribution < 1.29 is 13.5 Å². The Labute approximate surface area is 134 Å². The topological polar surface area (TPSA) is 66.4 Å². The van der Waals surface area contributed by atoms with Gasteiger partial charge in [0.2, 0.25) is 10.0 Å². The van der Waals surface area contributed by atoms with Gasteiger partial charge in [-0.25, -0.2) is 13.1 Å². The van der Waals surface area contributed by atoms with Gasteiger partial charge in [0, 0.05) is 16.4 Å². The third kappa shape index (κ3) is 3.81. The Hall–Kier alpha value is -0.440. The van der Waals surface area contributed by atoms with Crippen LogP contribution in [0.1, 0.15) is 10.4 Å². The summed E-state index contributed by atoms with van der Waals surface area (Å²) >= 11 is 10.2. The van der Waals surface area contributed by atoms with Gasteiger partial charge in [-0.1, -0.05) is 23.7 Å². The highest BCUT2D eigenvalue weighted by Crippen LogP contribution is 2.31. The van der Waals surface area contributed by atoms with E-state index in [1.54, 1.807) is 24.3 Å². The average molecular weight is 397 g/mol. The molecule has 0 unspecified atom stereocenters. The molecular weight excluding hydrogens is 386 g/mol. The maximum atomic E-state index is 12.2. The van der Waals surface area contributed by atoms with Crippen molar-refractivity contribution in [2.45, 2.75) is 18.0 Å². The normalized spacial score (nSPS) is 11.8. The first kappa shape index (κ1) is 15.9. The van der Waals surface area contributed by atoms with Crippen LogP contribution >= 0.6 is 38.9 Å². The van der Waals surface area contributed by atoms with Gasteiger partial charge in [0.05, 0.1) is 10.4 Å². The van der Waals surface area contributed by atoms with Crippen molar-refractivity contribution in [1.29, 1.82) is 0 Å². The molecular formula is C12H11BrClNO3S2. The van der Waals surface area contributed by atoms with E-state index in [4.69, 9.17) is 16.7 Å². The predicted octanol–water partition coefficient (Wildman–Crippen LogP) is 3.13. The Bertz CT molecular complexity index is 715. The molecule has 0 aliphatic heterocycles. The van der Waals surface area contributed by atoms with Gasteiger partial charge in [0.15, 0.2) is 0 Å². The largest absolute Gasteiger partial charge is 0.391 e. The number of hydrogen-bond acceptors (Lipinski definition) is 4. The average Bonchev–Trinajstić information content (AvgIpc) is 2.79. The van der Waals surface area contributed by atoms with Crippen molar-refractivity contribution in [1.82, 2.24) is 4.72 Å². The van der Waals surface area contributed by atoms with Crippen LogP contribution in [0.5, 0.6) is 0 Å². The van der Waals surface area contributed by atoms with Gasteiger partial charge in [-0.3, -0.25) is 0 Å². The summed E-state index contributed by atoms with van der Waals surface area (Å²) in [4.78, 5) is 0.716. The van der Waals surface area contributed by atoms with Gasteiger partial charge in [0.1, 0.15) is 4.90 Å². The number of rotatable bonds is 5. The van der Waals surface area contributed by atoms with Gasteiger partial charge in [0.25, 0.3) is 0 Å². The highest BCUT2D eigenvalue weighted by atomic mass is 79.9. The molecule has 0 amide bonds. The minimum absolute atomic E-state index is 0.133. The third-order valence-electron chi connectivity index (χ3n) is 2.51. The molecule has 2 rings (SSSR count). The molecule has 1 aromatic carbocycles. The first-order valence-corrected chi connectivity index (χ1v) is 9.02. The minimum atomic E-state index is -3.63. The maximum absolute atomic E-state index is 12.2. The van der Waals surface area contributed by atoms with Gasteiger partial charge < -0.3 is 5.11 Å². The van der Waals surface area contributed by atoms with Gasteiger partial charge >= 0.3 is 0 Å². The SMILES string of the molecule is O=S(=O)(NCc1cccc(Cl)c1)c1cc(CO)sc1Br. The fourth-order valence-electron chi connectivity index (χ4n) is 1.56. The van der Waals surface area contributed by atoms with Crippen LogP contribution in [0.25, 0.3) is 0 Å². The zero-order valence-electron chi connectivity index (χ0n) is 10.1. The number of sulfonamides is 1. The van der Waals surface area contributed by atoms with Crippen LogP contribution in [-0.2, 0) is 23.2 Å². The van der Waals surface area contributed by atoms with Crippen LogP contribution in [0.3, 0.4) is 0 Å². The van der Waals surface area contributed by atoms with Crippen LogP contribution in [0.4, 0.5) is 0 Å². The Morgan fingerprint density at radius 3 is 2.70 bits per heavy atom. The zero-order valence-corrected chi connectivity index (χ0v) is 14.1. The molecule has 0 spiro atoms. The maximum Gasteiger partial charge on any atom is 0.242 e. The molecule has 8 heteroatoms. The summed E-state index contributed by atoms with van der Waals surface area (Å²) < 4.78 is 27.4. The Morgan fingerprint density at radius 2 is 2.10 bits per heavy atom. The van der Waals surface area contributed by atoms with E-state index in [-0.39, 0.29) is 18.0 Å². The Balaban J connectivity index is 2.17. The van der Waals surface area contributed by atoms with E-state index in [0.717, 1.165) is 5.56 Å². The summed E-state index contributed by atoms with van der Waals surface area (Å²) in [7, 11) is -3.63. The molecule has 0 radical (unpaired) electrons. The van der Waals surface area contributed by atoms with E-state index in [1.807, 2.05) is 0 Å². The molecule has 0 aliphatic rings. The number of aliphatic hydroxyl groups excluding tert-OH is 1. The molecule has 4 nitrogen and oxygen atoms in total. The number of aliphatic hydroxyl groups is 1. The lowest BCUT2D eigenvalue weighted by Gasteiger charge is -2.06. The summed E-state index contributed by atoms with van der Waals surface area (Å²) in [5.41, 5.74) is 0.773. The predicted molar refractivity (Wildman–Crippen MR) is 83.4 cm³/mol.